The summed E-state index contributed by atoms with van der Waals surface area (Å²) in [6.07, 6.45) is 1.61. The van der Waals surface area contributed by atoms with Gasteiger partial charge in [-0.25, -0.2) is 55.1 Å². The summed E-state index contributed by atoms with van der Waals surface area (Å²) in [6, 6.07) is 13.5. The Morgan fingerprint density at radius 3 is 1.05 bits per heavy atom. The van der Waals surface area contributed by atoms with E-state index in [-0.39, 0.29) is 96.6 Å². The van der Waals surface area contributed by atoms with Crippen LogP contribution in [0.5, 0.6) is 23.0 Å². The first-order valence-corrected chi connectivity index (χ1v) is 42.1. The van der Waals surface area contributed by atoms with Crippen molar-refractivity contribution in [1.29, 1.82) is 0 Å². The highest BCUT2D eigenvalue weighted by molar-refractivity contribution is 9.10. The van der Waals surface area contributed by atoms with Crippen LogP contribution >= 0.6 is 15.9 Å². The fourth-order valence-electron chi connectivity index (χ4n) is 19.0. The molecule has 4 saturated carbocycles. The third kappa shape index (κ3) is 16.2. The molecule has 20 rings (SSSR count). The molecule has 4 aromatic carbocycles. The SMILES string of the molecule is CC(F)(F)c1cc2c(c(OC3CC(n4cc(F)c5c(N)ccnc54)C(O)C3O)c1)CNCC2.Cc1cc(OC2CC(n3cc(F)c4c(N)ccnc43)C(O)C2O)c2c(c1F)CCNC2.Cc1cc2c(c(OC3CC(n4cc(F)c5c(N)ccnc54)[C@H](O)[C@@H]3O)c1)CNCC2.Nc1ccnc2c1c(F)cn2C1CC(Oc2cc(Br)c(F)c3c2CNCC3)[C@@H](O)[C@H]1O. The van der Waals surface area contributed by atoms with Crippen LogP contribution in [0.15, 0.2) is 115 Å². The van der Waals surface area contributed by atoms with Crippen LogP contribution in [-0.4, -0.2) is 178 Å². The van der Waals surface area contributed by atoms with Gasteiger partial charge >= 0.3 is 0 Å². The maximum atomic E-state index is 14.6. The monoisotopic (exact) mass is 1800 g/mol. The maximum Gasteiger partial charge on any atom is 0.270 e. The number of aliphatic hydroxyl groups is 8. The van der Waals surface area contributed by atoms with Gasteiger partial charge < -0.3 is 122 Å². The fraction of sp³-hybridized carbons (Fsp3) is 0.409. The lowest BCUT2D eigenvalue weighted by atomic mass is 9.95. The number of nitrogen functional groups attached to an aromatic ring is 4. The summed E-state index contributed by atoms with van der Waals surface area (Å²) in [6.45, 7) is 9.52. The Balaban J connectivity index is 0.000000118. The first-order chi connectivity index (χ1) is 59.8. The van der Waals surface area contributed by atoms with Crippen LogP contribution in [0.3, 0.4) is 0 Å². The second-order valence-corrected chi connectivity index (χ2v) is 34.2. The fourth-order valence-corrected chi connectivity index (χ4v) is 19.4. The second kappa shape index (κ2) is 34.7. The lowest BCUT2D eigenvalue weighted by Crippen LogP contribution is -2.35. The van der Waals surface area contributed by atoms with Crippen molar-refractivity contribution in [2.75, 3.05) is 49.1 Å². The minimum atomic E-state index is -3.05. The first kappa shape index (κ1) is 86.6. The Morgan fingerprint density at radius 1 is 0.392 bits per heavy atom. The zero-order valence-corrected chi connectivity index (χ0v) is 69.5. The van der Waals surface area contributed by atoms with Gasteiger partial charge in [0.1, 0.15) is 130 Å². The lowest BCUT2D eigenvalue weighted by Gasteiger charge is -2.26. The molecule has 0 amide bonds. The molecule has 12 aromatic rings. The summed E-state index contributed by atoms with van der Waals surface area (Å²) in [5.41, 5.74) is 33.6. The number of nitrogens with two attached hydrogens (primary N) is 4. The zero-order valence-electron chi connectivity index (χ0n) is 67.9. The van der Waals surface area contributed by atoms with Crippen molar-refractivity contribution < 1.29 is 94.9 Å². The number of hydrogen-bond donors (Lipinski definition) is 16. The zero-order chi connectivity index (χ0) is 88.2. The van der Waals surface area contributed by atoms with E-state index in [0.717, 1.165) is 53.5 Å². The average Bonchev–Trinajstić information content (AvgIpc) is 1.67. The molecule has 37 heteroatoms. The van der Waals surface area contributed by atoms with Crippen molar-refractivity contribution in [3.63, 3.8) is 0 Å². The van der Waals surface area contributed by atoms with Gasteiger partial charge in [0.05, 0.1) is 50.2 Å². The van der Waals surface area contributed by atoms with E-state index in [4.69, 9.17) is 41.9 Å². The quantitative estimate of drug-likeness (QED) is 0.0479. The smallest absolute Gasteiger partial charge is 0.270 e. The largest absolute Gasteiger partial charge is 0.487 e. The van der Waals surface area contributed by atoms with Gasteiger partial charge in [-0.15, -0.1) is 0 Å². The molecule has 125 heavy (non-hydrogen) atoms. The van der Waals surface area contributed by atoms with Crippen LogP contribution in [0.2, 0.25) is 0 Å². The summed E-state index contributed by atoms with van der Waals surface area (Å²) >= 11 is 3.23. The maximum absolute atomic E-state index is 14.6. The molecule has 20 N–H and O–H groups in total. The van der Waals surface area contributed by atoms with E-state index in [0.29, 0.717) is 122 Å². The molecule has 28 nitrogen and oxygen atoms in total. The average molecular weight is 1800 g/mol. The van der Waals surface area contributed by atoms with Gasteiger partial charge in [-0.05, 0) is 170 Å². The number of hydrogen-bond acceptors (Lipinski definition) is 24. The van der Waals surface area contributed by atoms with Gasteiger partial charge in [-0.2, -0.15) is 0 Å². The number of aliphatic hydroxyl groups excluding tert-OH is 8. The molecule has 0 bridgehead atoms. The van der Waals surface area contributed by atoms with Crippen molar-refractivity contribution in [3.8, 4) is 23.0 Å². The van der Waals surface area contributed by atoms with Gasteiger partial charge in [-0.1, -0.05) is 6.07 Å². The van der Waals surface area contributed by atoms with Crippen molar-refractivity contribution in [1.82, 2.24) is 59.5 Å². The summed E-state index contributed by atoms with van der Waals surface area (Å²) in [5, 5.41) is 99.5. The number of nitrogens with one attached hydrogen (secondary N) is 4. The standard InChI is InChI=1S/C23H25F3N4O3.C22H24F2N4O3.C22H25FN4O3.C21H21BrF2N4O3/c1-23(25,26)12-6-11-2-4-28-9-13(11)17(7-12)33-18-8-16(20(31)21(18)32)30-10-14(24)19-15(27)3-5-29-22(19)30;1-10-6-16(12-8-26-4-2-11(12)19(10)24)31-17-7-15(20(29)21(17)30)28-9-13(23)18-14(25)3-5-27-22(18)28;1-11-6-12-2-4-25-9-13(12)17(7-11)30-18-8-16(20(28)21(18)29)27-10-14(23)19-15(24)3-5-26-22(19)27;22-11-5-15(10-7-26-3-1-9(10)18(11)24)31-16-6-14(19(29)20(16)30)28-8-12(23)17-13(25)2-4-27-21(17)28/h3,5-7,10,16,18,20-21,28,31-32H,2,4,8-9H2,1H3,(H2,27,29);3,5-6,9,15,17,20-21,26,29-30H,2,4,7-8H2,1H3,(H2,25,27);3,5-7,10,16,18,20-21,25,28-29H,2,4,8-9H2,1H3,(H2,24,26);2,4-5,8,14,16,19-20,26,29-30H,1,3,6-7H2,(H2,25,27)/t;;16?,18?,20-,21+;14?,16?,19-,20+/m..00/s1. The van der Waals surface area contributed by atoms with E-state index < -0.39 is 127 Å². The molecule has 4 fully saturated rings. The van der Waals surface area contributed by atoms with E-state index in [2.05, 4.69) is 63.2 Å². The van der Waals surface area contributed by atoms with Crippen molar-refractivity contribution in [2.24, 2.45) is 0 Å². The Hall–Kier alpha value is -10.5. The van der Waals surface area contributed by atoms with Crippen LogP contribution in [0.25, 0.3) is 44.1 Å². The Morgan fingerprint density at radius 2 is 0.696 bits per heavy atom. The number of rotatable bonds is 13. The van der Waals surface area contributed by atoms with Crippen LogP contribution in [0.4, 0.5) is 57.9 Å². The molecule has 12 unspecified atom stereocenters. The van der Waals surface area contributed by atoms with Crippen LogP contribution in [0, 0.1) is 48.8 Å². The molecular weight excluding hydrogens is 1700 g/mol. The highest BCUT2D eigenvalue weighted by Crippen LogP contribution is 2.47. The van der Waals surface area contributed by atoms with E-state index in [9.17, 15) is 76.0 Å². The normalized spacial score (nSPS) is 25.7. The van der Waals surface area contributed by atoms with Crippen LogP contribution < -0.4 is 63.1 Å². The van der Waals surface area contributed by atoms with E-state index in [1.165, 1.54) is 105 Å². The Kier molecular flexibility index (Phi) is 24.0. The molecule has 8 aromatic heterocycles. The number of nitrogens with zero attached hydrogens (tertiary/aromatic N) is 8. The van der Waals surface area contributed by atoms with Gasteiger partial charge in [0.25, 0.3) is 5.92 Å². The van der Waals surface area contributed by atoms with E-state index >= 15 is 0 Å². The first-order valence-electron chi connectivity index (χ1n) is 41.3. The number of anilines is 4. The summed E-state index contributed by atoms with van der Waals surface area (Å²) in [5.74, 6) is -3.86. The number of benzene rings is 4. The Bertz CT molecular complexity index is 5940. The van der Waals surface area contributed by atoms with Gasteiger partial charge in [-0.3, -0.25) is 0 Å². The topological polar surface area (TPSA) is 422 Å². The van der Waals surface area contributed by atoms with Crippen molar-refractivity contribution in [3.05, 3.63) is 211 Å². The predicted octanol–water partition coefficient (Wildman–Crippen LogP) is 8.84. The third-order valence-electron chi connectivity index (χ3n) is 25.5. The number of pyridine rings is 4. The number of halogens is 9. The highest BCUT2D eigenvalue weighted by atomic mass is 79.9. The molecule has 12 heterocycles. The number of aromatic nitrogens is 8. The van der Waals surface area contributed by atoms with Crippen molar-refractivity contribution >= 4 is 82.8 Å². The minimum Gasteiger partial charge on any atom is -0.487 e. The third-order valence-corrected chi connectivity index (χ3v) is 26.0. The molecule has 4 aliphatic carbocycles. The number of ether oxygens (including phenoxy) is 4. The number of aryl methyl sites for hydroxylation is 2. The number of fused-ring (bicyclic) bond motifs is 8. The summed E-state index contributed by atoms with van der Waals surface area (Å²) in [7, 11) is 0. The van der Waals surface area contributed by atoms with Gasteiger partial charge in [0, 0.05) is 159 Å². The molecular formula is C88H95BrF8N16O12. The van der Waals surface area contributed by atoms with Crippen LogP contribution in [-0.2, 0) is 57.8 Å². The van der Waals surface area contributed by atoms with Crippen LogP contribution in [0.1, 0.15) is 118 Å². The molecule has 0 saturated heterocycles. The molecule has 0 spiro atoms. The lowest BCUT2D eigenvalue weighted by molar-refractivity contribution is -0.0171. The molecule has 8 aliphatic rings. The molecule has 0 radical (unpaired) electrons. The predicted molar refractivity (Wildman–Crippen MR) is 451 cm³/mol. The molecule has 4 aliphatic heterocycles. The molecule has 662 valence electrons. The Labute approximate surface area is 718 Å². The molecule has 16 atom stereocenters. The highest BCUT2D eigenvalue weighted by Gasteiger charge is 2.50. The number of alkyl halides is 2. The van der Waals surface area contributed by atoms with Crippen molar-refractivity contribution in [2.45, 2.75) is 202 Å². The van der Waals surface area contributed by atoms with E-state index in [1.54, 1.807) is 23.6 Å². The summed E-state index contributed by atoms with van der Waals surface area (Å²) < 4.78 is 146. The van der Waals surface area contributed by atoms with Gasteiger partial charge in [0.2, 0.25) is 0 Å². The minimum absolute atomic E-state index is 0.122. The second-order valence-electron chi connectivity index (χ2n) is 33.4. The summed E-state index contributed by atoms with van der Waals surface area (Å²) in [4.78, 5) is 16.9. The van der Waals surface area contributed by atoms with E-state index in [1.807, 2.05) is 13.0 Å². The van der Waals surface area contributed by atoms with Gasteiger partial charge in [0.15, 0.2) is 23.3 Å².